The summed E-state index contributed by atoms with van der Waals surface area (Å²) in [6.45, 7) is 3.48. The average Bonchev–Trinajstić information content (AvgIpc) is 3.18. The van der Waals surface area contributed by atoms with Gasteiger partial charge in [0.25, 0.3) is 0 Å². The molecule has 3 aromatic carbocycles. The number of rotatable bonds is 3. The largest absolute Gasteiger partial charge is 0.497 e. The molecule has 0 unspecified atom stereocenters. The lowest BCUT2D eigenvalue weighted by molar-refractivity contribution is 0.197. The van der Waals surface area contributed by atoms with Gasteiger partial charge in [0.15, 0.2) is 0 Å². The zero-order valence-electron chi connectivity index (χ0n) is 20.4. The summed E-state index contributed by atoms with van der Waals surface area (Å²) in [6.07, 6.45) is 2.03. The third kappa shape index (κ3) is 5.37. The standard InChI is InChI=1S/C30H30FN3O2/c1-36-26-15-13-25(14-16-26)32-30(35)34-19-4-18-33-20-17-27(29(33)21-34)23-10-7-22(8-11-23)9-12-24-5-2-3-6-28(24)31/h2-3,5-8,10-11,13-16,27,29H,4,17-21H2,1H3,(H,32,35)/t27-,29+/m1/s1. The van der Waals surface area contributed by atoms with Crippen LogP contribution in [0.5, 0.6) is 5.75 Å². The number of nitrogens with one attached hydrogen (secondary N) is 1. The van der Waals surface area contributed by atoms with E-state index in [2.05, 4.69) is 34.2 Å². The molecule has 2 fully saturated rings. The Morgan fingerprint density at radius 2 is 1.75 bits per heavy atom. The Morgan fingerprint density at radius 1 is 0.972 bits per heavy atom. The minimum Gasteiger partial charge on any atom is -0.497 e. The monoisotopic (exact) mass is 483 g/mol. The molecule has 0 spiro atoms. The van der Waals surface area contributed by atoms with Crippen molar-refractivity contribution in [1.29, 1.82) is 0 Å². The molecular formula is C30H30FN3O2. The SMILES string of the molecule is COc1ccc(NC(=O)N2CCCN3CC[C@H](c4ccc(C#Cc5ccccc5F)cc4)[C@@H]3C2)cc1. The third-order valence-electron chi connectivity index (χ3n) is 7.12. The van der Waals surface area contributed by atoms with Gasteiger partial charge in [-0.15, -0.1) is 0 Å². The van der Waals surface area contributed by atoms with Gasteiger partial charge in [-0.3, -0.25) is 4.90 Å². The van der Waals surface area contributed by atoms with E-state index in [4.69, 9.17) is 4.74 Å². The molecule has 0 saturated carbocycles. The molecule has 2 amide bonds. The Hall–Kier alpha value is -3.82. The highest BCUT2D eigenvalue weighted by atomic mass is 19.1. The number of hydrogen-bond donors (Lipinski definition) is 1. The number of amides is 2. The molecule has 2 atom stereocenters. The van der Waals surface area contributed by atoms with Crippen LogP contribution in [0.1, 0.15) is 35.4 Å². The summed E-state index contributed by atoms with van der Waals surface area (Å²) in [4.78, 5) is 17.6. The van der Waals surface area contributed by atoms with Gasteiger partial charge in [-0.05, 0) is 73.5 Å². The van der Waals surface area contributed by atoms with Crippen LogP contribution < -0.4 is 10.1 Å². The highest BCUT2D eigenvalue weighted by molar-refractivity contribution is 5.89. The molecule has 36 heavy (non-hydrogen) atoms. The zero-order chi connectivity index (χ0) is 24.9. The first-order chi connectivity index (χ1) is 17.6. The normalized spacial score (nSPS) is 19.6. The highest BCUT2D eigenvalue weighted by Gasteiger charge is 2.38. The molecule has 3 aromatic rings. The Kier molecular flexibility index (Phi) is 7.20. The van der Waals surface area contributed by atoms with E-state index in [9.17, 15) is 9.18 Å². The fraction of sp³-hybridized carbons (Fsp3) is 0.300. The van der Waals surface area contributed by atoms with Gasteiger partial charge >= 0.3 is 6.03 Å². The number of fused-ring (bicyclic) bond motifs is 1. The maximum Gasteiger partial charge on any atom is 0.321 e. The van der Waals surface area contributed by atoms with Crippen LogP contribution in [0.2, 0.25) is 0 Å². The second-order valence-electron chi connectivity index (χ2n) is 9.31. The second kappa shape index (κ2) is 10.8. The third-order valence-corrected chi connectivity index (χ3v) is 7.12. The quantitative estimate of drug-likeness (QED) is 0.512. The maximum atomic E-state index is 13.8. The van der Waals surface area contributed by atoms with E-state index < -0.39 is 0 Å². The molecule has 0 bridgehead atoms. The van der Waals surface area contributed by atoms with Crippen molar-refractivity contribution in [2.24, 2.45) is 0 Å². The molecule has 5 rings (SSSR count). The zero-order valence-corrected chi connectivity index (χ0v) is 20.4. The van der Waals surface area contributed by atoms with Crippen molar-refractivity contribution in [3.05, 3.63) is 95.3 Å². The van der Waals surface area contributed by atoms with Crippen LogP contribution in [0, 0.1) is 17.7 Å². The van der Waals surface area contributed by atoms with Crippen LogP contribution in [-0.4, -0.2) is 55.2 Å². The van der Waals surface area contributed by atoms with Crippen molar-refractivity contribution >= 4 is 11.7 Å². The minimum atomic E-state index is -0.304. The van der Waals surface area contributed by atoms with Crippen molar-refractivity contribution in [2.45, 2.75) is 24.8 Å². The van der Waals surface area contributed by atoms with Crippen molar-refractivity contribution in [3.63, 3.8) is 0 Å². The number of urea groups is 1. The molecular weight excluding hydrogens is 453 g/mol. The van der Waals surface area contributed by atoms with Crippen LogP contribution in [0.4, 0.5) is 14.9 Å². The van der Waals surface area contributed by atoms with Crippen molar-refractivity contribution in [2.75, 3.05) is 38.6 Å². The molecule has 0 aromatic heterocycles. The molecule has 6 heteroatoms. The van der Waals surface area contributed by atoms with Gasteiger partial charge in [0, 0.05) is 42.8 Å². The predicted octanol–water partition coefficient (Wildman–Crippen LogP) is 5.33. The number of methoxy groups -OCH3 is 1. The Balaban J connectivity index is 1.27. The predicted molar refractivity (Wildman–Crippen MR) is 140 cm³/mol. The summed E-state index contributed by atoms with van der Waals surface area (Å²) >= 11 is 0. The highest BCUT2D eigenvalue weighted by Crippen LogP contribution is 2.35. The van der Waals surface area contributed by atoms with Crippen LogP contribution in [-0.2, 0) is 0 Å². The minimum absolute atomic E-state index is 0.0635. The molecule has 2 heterocycles. The number of ether oxygens (including phenoxy) is 1. The van der Waals surface area contributed by atoms with E-state index in [1.165, 1.54) is 11.6 Å². The summed E-state index contributed by atoms with van der Waals surface area (Å²) in [5, 5.41) is 3.04. The number of carbonyl (C=O) groups is 1. The molecule has 5 nitrogen and oxygen atoms in total. The van der Waals surface area contributed by atoms with Gasteiger partial charge in [0.2, 0.25) is 0 Å². The molecule has 2 saturated heterocycles. The lowest BCUT2D eigenvalue weighted by Gasteiger charge is -2.30. The first kappa shape index (κ1) is 23.9. The van der Waals surface area contributed by atoms with Gasteiger partial charge < -0.3 is 15.0 Å². The maximum absolute atomic E-state index is 13.8. The van der Waals surface area contributed by atoms with Crippen LogP contribution in [0.15, 0.2) is 72.8 Å². The molecule has 2 aliphatic rings. The Morgan fingerprint density at radius 3 is 2.50 bits per heavy atom. The van der Waals surface area contributed by atoms with E-state index in [1.54, 1.807) is 25.3 Å². The molecule has 184 valence electrons. The fourth-order valence-corrected chi connectivity index (χ4v) is 5.19. The number of nitrogens with zero attached hydrogens (tertiary/aromatic N) is 2. The van der Waals surface area contributed by atoms with Gasteiger partial charge in [-0.1, -0.05) is 36.1 Å². The molecule has 1 N–H and O–H groups in total. The van der Waals surface area contributed by atoms with E-state index >= 15 is 0 Å². The Labute approximate surface area is 211 Å². The van der Waals surface area contributed by atoms with Crippen molar-refractivity contribution in [1.82, 2.24) is 9.80 Å². The number of hydrogen-bond acceptors (Lipinski definition) is 3. The first-order valence-corrected chi connectivity index (χ1v) is 12.4. The molecule has 0 aliphatic carbocycles. The van der Waals surface area contributed by atoms with E-state index in [0.29, 0.717) is 18.0 Å². The number of anilines is 1. The second-order valence-corrected chi connectivity index (χ2v) is 9.31. The van der Waals surface area contributed by atoms with E-state index in [0.717, 1.165) is 49.5 Å². The van der Waals surface area contributed by atoms with Gasteiger partial charge in [-0.25, -0.2) is 9.18 Å². The smallest absolute Gasteiger partial charge is 0.321 e. The summed E-state index contributed by atoms with van der Waals surface area (Å²) in [5.74, 6) is 6.80. The fourth-order valence-electron chi connectivity index (χ4n) is 5.19. The number of benzene rings is 3. The van der Waals surface area contributed by atoms with Crippen LogP contribution in [0.3, 0.4) is 0 Å². The van der Waals surface area contributed by atoms with Gasteiger partial charge in [0.05, 0.1) is 12.7 Å². The average molecular weight is 484 g/mol. The lowest BCUT2D eigenvalue weighted by Crippen LogP contribution is -2.43. The van der Waals surface area contributed by atoms with Crippen LogP contribution >= 0.6 is 0 Å². The van der Waals surface area contributed by atoms with Crippen molar-refractivity contribution in [3.8, 4) is 17.6 Å². The van der Waals surface area contributed by atoms with Gasteiger partial charge in [-0.2, -0.15) is 0 Å². The Bertz CT molecular complexity index is 1260. The van der Waals surface area contributed by atoms with E-state index in [1.807, 2.05) is 41.3 Å². The summed E-state index contributed by atoms with van der Waals surface area (Å²) in [6, 6.07) is 22.5. The van der Waals surface area contributed by atoms with Crippen molar-refractivity contribution < 1.29 is 13.9 Å². The molecule has 2 aliphatic heterocycles. The first-order valence-electron chi connectivity index (χ1n) is 12.4. The summed E-state index contributed by atoms with van der Waals surface area (Å²) in [7, 11) is 1.63. The number of halogens is 1. The summed E-state index contributed by atoms with van der Waals surface area (Å²) in [5.41, 5.74) is 3.28. The molecule has 0 radical (unpaired) electrons. The topological polar surface area (TPSA) is 44.8 Å². The lowest BCUT2D eigenvalue weighted by atomic mass is 9.91. The number of carbonyl (C=O) groups excluding carboxylic acids is 1. The van der Waals surface area contributed by atoms with E-state index in [-0.39, 0.29) is 17.9 Å². The van der Waals surface area contributed by atoms with Gasteiger partial charge in [0.1, 0.15) is 11.6 Å². The van der Waals surface area contributed by atoms with Crippen LogP contribution in [0.25, 0.3) is 0 Å². The summed E-state index contributed by atoms with van der Waals surface area (Å²) < 4.78 is 19.1.